The Balaban J connectivity index is 2.20. The van der Waals surface area contributed by atoms with Gasteiger partial charge in [-0.25, -0.2) is 0 Å². The van der Waals surface area contributed by atoms with Crippen LogP contribution in [0.4, 0.5) is 0 Å². The number of nitrogen functional groups attached to an aromatic ring is 1. The van der Waals surface area contributed by atoms with E-state index >= 15 is 0 Å². The van der Waals surface area contributed by atoms with Crippen molar-refractivity contribution >= 4 is 17.4 Å². The van der Waals surface area contributed by atoms with Gasteiger partial charge in [0.15, 0.2) is 0 Å². The molecule has 0 fully saturated rings. The highest BCUT2D eigenvalue weighted by molar-refractivity contribution is 6.31. The molecule has 4 nitrogen and oxygen atoms in total. The van der Waals surface area contributed by atoms with Crippen LogP contribution in [0.5, 0.6) is 0 Å². The van der Waals surface area contributed by atoms with E-state index in [-0.39, 0.29) is 11.9 Å². The number of hydrogen-bond acceptors (Lipinski definition) is 3. The molecule has 0 aliphatic heterocycles. The summed E-state index contributed by atoms with van der Waals surface area (Å²) in [6.07, 6.45) is 1.65. The summed E-state index contributed by atoms with van der Waals surface area (Å²) in [6, 6.07) is 11.8. The summed E-state index contributed by atoms with van der Waals surface area (Å²) in [6.45, 7) is 2.75. The van der Waals surface area contributed by atoms with Crippen LogP contribution in [0.25, 0.3) is 0 Å². The summed E-state index contributed by atoms with van der Waals surface area (Å²) < 4.78 is 0. The number of nitrogens with one attached hydrogen (secondary N) is 1. The fraction of sp³-hybridized carbons (Fsp3) is 0.250. The number of rotatable bonds is 5. The second kappa shape index (κ2) is 6.70. The Bertz CT molecular complexity index is 642. The van der Waals surface area contributed by atoms with E-state index < -0.39 is 0 Å². The Morgan fingerprint density at radius 3 is 2.71 bits per heavy atom. The number of nitrogens with two attached hydrogens (primary N) is 1. The third-order valence-electron chi connectivity index (χ3n) is 3.58. The summed E-state index contributed by atoms with van der Waals surface area (Å²) >= 11 is 6.25. The molecule has 110 valence electrons. The smallest absolute Gasteiger partial charge is 0.142 e. The Morgan fingerprint density at radius 2 is 2.05 bits per heavy atom. The molecular formula is C16H19ClN4. The summed E-state index contributed by atoms with van der Waals surface area (Å²) in [5, 5.41) is 8.36. The van der Waals surface area contributed by atoms with Crippen molar-refractivity contribution in [1.29, 1.82) is 5.41 Å². The summed E-state index contributed by atoms with van der Waals surface area (Å²) in [4.78, 5) is 6.34. The Hall–Kier alpha value is -1.91. The number of aromatic nitrogens is 1. The first-order valence-corrected chi connectivity index (χ1v) is 7.11. The van der Waals surface area contributed by atoms with Crippen molar-refractivity contribution in [2.45, 2.75) is 19.5 Å². The highest BCUT2D eigenvalue weighted by Crippen LogP contribution is 2.27. The lowest BCUT2D eigenvalue weighted by molar-refractivity contribution is 0.253. The summed E-state index contributed by atoms with van der Waals surface area (Å²) in [5.74, 6) is -0.00982. The number of hydrogen-bond donors (Lipinski definition) is 2. The number of amidine groups is 1. The molecule has 21 heavy (non-hydrogen) atoms. The SMILES string of the molecule is CC(c1ccccc1Cl)N(C)Cc1cccnc1C(=N)N. The number of nitrogens with zero attached hydrogens (tertiary/aromatic N) is 2. The maximum absolute atomic E-state index is 7.60. The molecule has 1 aromatic carbocycles. The molecule has 0 saturated carbocycles. The minimum atomic E-state index is -0.00982. The number of benzene rings is 1. The van der Waals surface area contributed by atoms with Crippen LogP contribution in [0.1, 0.15) is 29.8 Å². The van der Waals surface area contributed by atoms with Gasteiger partial charge in [-0.3, -0.25) is 15.3 Å². The third-order valence-corrected chi connectivity index (χ3v) is 3.93. The summed E-state index contributed by atoms with van der Waals surface area (Å²) in [7, 11) is 2.02. The lowest BCUT2D eigenvalue weighted by Gasteiger charge is -2.26. The number of halogens is 1. The van der Waals surface area contributed by atoms with Gasteiger partial charge in [0.25, 0.3) is 0 Å². The topological polar surface area (TPSA) is 66.0 Å². The quantitative estimate of drug-likeness (QED) is 0.658. The third kappa shape index (κ3) is 3.60. The Kier molecular flexibility index (Phi) is 4.94. The lowest BCUT2D eigenvalue weighted by Crippen LogP contribution is -2.25. The second-order valence-electron chi connectivity index (χ2n) is 5.04. The van der Waals surface area contributed by atoms with E-state index in [0.717, 1.165) is 16.1 Å². The molecule has 0 amide bonds. The summed E-state index contributed by atoms with van der Waals surface area (Å²) in [5.41, 5.74) is 8.14. The van der Waals surface area contributed by atoms with E-state index in [1.54, 1.807) is 6.20 Å². The van der Waals surface area contributed by atoms with Crippen molar-refractivity contribution in [3.05, 3.63) is 64.4 Å². The van der Waals surface area contributed by atoms with E-state index in [1.807, 2.05) is 43.4 Å². The van der Waals surface area contributed by atoms with Gasteiger partial charge in [-0.2, -0.15) is 0 Å². The van der Waals surface area contributed by atoms with Crippen LogP contribution in [-0.2, 0) is 6.54 Å². The average molecular weight is 303 g/mol. The second-order valence-corrected chi connectivity index (χ2v) is 5.44. The van der Waals surface area contributed by atoms with Gasteiger partial charge < -0.3 is 5.73 Å². The van der Waals surface area contributed by atoms with Gasteiger partial charge in [0.2, 0.25) is 0 Å². The van der Waals surface area contributed by atoms with E-state index in [4.69, 9.17) is 22.7 Å². The van der Waals surface area contributed by atoms with Crippen LogP contribution in [-0.4, -0.2) is 22.8 Å². The van der Waals surface area contributed by atoms with Crippen molar-refractivity contribution in [3.63, 3.8) is 0 Å². The molecule has 0 radical (unpaired) electrons. The Labute approximate surface area is 130 Å². The van der Waals surface area contributed by atoms with Gasteiger partial charge in [-0.15, -0.1) is 0 Å². The van der Waals surface area contributed by atoms with E-state index in [2.05, 4.69) is 16.8 Å². The zero-order valence-electron chi connectivity index (χ0n) is 12.2. The van der Waals surface area contributed by atoms with Crippen LogP contribution in [0.3, 0.4) is 0 Å². The minimum Gasteiger partial charge on any atom is -0.382 e. The first-order valence-electron chi connectivity index (χ1n) is 6.73. The Morgan fingerprint density at radius 1 is 1.33 bits per heavy atom. The highest BCUT2D eigenvalue weighted by atomic mass is 35.5. The molecular weight excluding hydrogens is 284 g/mol. The van der Waals surface area contributed by atoms with Crippen molar-refractivity contribution in [3.8, 4) is 0 Å². The highest BCUT2D eigenvalue weighted by Gasteiger charge is 2.16. The van der Waals surface area contributed by atoms with Crippen LogP contribution in [0, 0.1) is 5.41 Å². The molecule has 0 aliphatic rings. The zero-order valence-corrected chi connectivity index (χ0v) is 12.9. The molecule has 1 unspecified atom stereocenters. The van der Waals surface area contributed by atoms with Crippen molar-refractivity contribution < 1.29 is 0 Å². The predicted molar refractivity (Wildman–Crippen MR) is 86.6 cm³/mol. The maximum atomic E-state index is 7.60. The monoisotopic (exact) mass is 302 g/mol. The first-order chi connectivity index (χ1) is 10.0. The average Bonchev–Trinajstić information content (AvgIpc) is 2.47. The molecule has 0 aliphatic carbocycles. The maximum Gasteiger partial charge on any atom is 0.142 e. The fourth-order valence-corrected chi connectivity index (χ4v) is 2.56. The molecule has 0 spiro atoms. The van der Waals surface area contributed by atoms with Crippen molar-refractivity contribution in [2.75, 3.05) is 7.05 Å². The fourth-order valence-electron chi connectivity index (χ4n) is 2.27. The van der Waals surface area contributed by atoms with Crippen LogP contribution in [0.2, 0.25) is 5.02 Å². The molecule has 0 saturated heterocycles. The predicted octanol–water partition coefficient (Wildman–Crippen LogP) is 3.21. The first kappa shape index (κ1) is 15.5. The van der Waals surface area contributed by atoms with Gasteiger partial charge >= 0.3 is 0 Å². The zero-order chi connectivity index (χ0) is 15.4. The molecule has 2 aromatic rings. The van der Waals surface area contributed by atoms with Crippen molar-refractivity contribution in [1.82, 2.24) is 9.88 Å². The minimum absolute atomic E-state index is 0.00982. The van der Waals surface area contributed by atoms with Gasteiger partial charge in [-0.05, 0) is 37.2 Å². The largest absolute Gasteiger partial charge is 0.382 e. The van der Waals surface area contributed by atoms with E-state index in [1.165, 1.54) is 0 Å². The molecule has 3 N–H and O–H groups in total. The molecule has 5 heteroatoms. The van der Waals surface area contributed by atoms with Crippen LogP contribution in [0.15, 0.2) is 42.6 Å². The van der Waals surface area contributed by atoms with Crippen LogP contribution >= 0.6 is 11.6 Å². The molecule has 1 atom stereocenters. The molecule has 1 aromatic heterocycles. The van der Waals surface area contributed by atoms with Crippen LogP contribution < -0.4 is 5.73 Å². The molecule has 0 bridgehead atoms. The van der Waals surface area contributed by atoms with Gasteiger partial charge in [0, 0.05) is 23.8 Å². The van der Waals surface area contributed by atoms with E-state index in [9.17, 15) is 0 Å². The lowest BCUT2D eigenvalue weighted by atomic mass is 10.1. The van der Waals surface area contributed by atoms with E-state index in [0.29, 0.717) is 12.2 Å². The number of pyridine rings is 1. The van der Waals surface area contributed by atoms with Crippen molar-refractivity contribution in [2.24, 2.45) is 5.73 Å². The van der Waals surface area contributed by atoms with Gasteiger partial charge in [0.05, 0.1) is 0 Å². The standard InChI is InChI=1S/C16H19ClN4/c1-11(13-7-3-4-8-14(13)17)21(2)10-12-6-5-9-20-15(12)16(18)19/h3-9,11H,10H2,1-2H3,(H3,18,19). The molecule has 1 heterocycles. The normalized spacial score (nSPS) is 12.4. The molecule has 2 rings (SSSR count). The van der Waals surface area contributed by atoms with Gasteiger partial charge in [-0.1, -0.05) is 35.9 Å². The van der Waals surface area contributed by atoms with Gasteiger partial charge in [0.1, 0.15) is 11.5 Å².